The number of nitrogens with two attached hydrogens (primary N) is 1. The highest BCUT2D eigenvalue weighted by Crippen LogP contribution is 2.14. The summed E-state index contributed by atoms with van der Waals surface area (Å²) in [5, 5.41) is 2.87. The van der Waals surface area contributed by atoms with Crippen molar-refractivity contribution in [1.82, 2.24) is 0 Å². The molecule has 3 N–H and O–H groups in total. The van der Waals surface area contributed by atoms with E-state index in [2.05, 4.69) is 5.32 Å². The van der Waals surface area contributed by atoms with Crippen LogP contribution in [0.2, 0.25) is 0 Å². The van der Waals surface area contributed by atoms with Gasteiger partial charge in [-0.3, -0.25) is 4.79 Å². The Morgan fingerprint density at radius 3 is 2.82 bits per heavy atom. The van der Waals surface area contributed by atoms with Crippen molar-refractivity contribution in [2.45, 2.75) is 32.4 Å². The summed E-state index contributed by atoms with van der Waals surface area (Å²) in [4.78, 5) is 11.7. The number of amides is 1. The standard InChI is InChI=1S/C13H20N2O2/c1-10(17-2)7-8-13(16)15-12-6-4-3-5-11(12)9-14/h3-6,10H,7-9,14H2,1-2H3,(H,15,16). The molecule has 1 unspecified atom stereocenters. The lowest BCUT2D eigenvalue weighted by Crippen LogP contribution is -2.16. The van der Waals surface area contributed by atoms with Crippen LogP contribution in [0.3, 0.4) is 0 Å². The van der Waals surface area contributed by atoms with Crippen LogP contribution in [0.4, 0.5) is 5.69 Å². The summed E-state index contributed by atoms with van der Waals surface area (Å²) >= 11 is 0. The molecule has 17 heavy (non-hydrogen) atoms. The second-order valence-corrected chi connectivity index (χ2v) is 3.99. The topological polar surface area (TPSA) is 64.3 Å². The van der Waals surface area contributed by atoms with Gasteiger partial charge in [-0.05, 0) is 25.0 Å². The molecule has 0 fully saturated rings. The number of benzene rings is 1. The van der Waals surface area contributed by atoms with Crippen molar-refractivity contribution in [3.8, 4) is 0 Å². The molecule has 94 valence electrons. The van der Waals surface area contributed by atoms with Crippen LogP contribution in [-0.2, 0) is 16.1 Å². The number of carbonyl (C=O) groups excluding carboxylic acids is 1. The summed E-state index contributed by atoms with van der Waals surface area (Å²) in [6.45, 7) is 2.37. The molecule has 0 bridgehead atoms. The van der Waals surface area contributed by atoms with E-state index in [1.807, 2.05) is 31.2 Å². The van der Waals surface area contributed by atoms with Crippen LogP contribution in [0, 0.1) is 0 Å². The van der Waals surface area contributed by atoms with E-state index in [1.165, 1.54) is 0 Å². The number of para-hydroxylation sites is 1. The quantitative estimate of drug-likeness (QED) is 0.793. The monoisotopic (exact) mass is 236 g/mol. The molecule has 0 aliphatic rings. The van der Waals surface area contributed by atoms with Gasteiger partial charge < -0.3 is 15.8 Å². The Labute approximate surface area is 102 Å². The fraction of sp³-hybridized carbons (Fsp3) is 0.462. The molecule has 1 aromatic rings. The lowest BCUT2D eigenvalue weighted by molar-refractivity contribution is -0.116. The average molecular weight is 236 g/mol. The first-order valence-corrected chi connectivity index (χ1v) is 5.78. The van der Waals surface area contributed by atoms with Gasteiger partial charge in [-0.25, -0.2) is 0 Å². The largest absolute Gasteiger partial charge is 0.382 e. The molecule has 0 aromatic heterocycles. The van der Waals surface area contributed by atoms with Gasteiger partial charge >= 0.3 is 0 Å². The van der Waals surface area contributed by atoms with Crippen molar-refractivity contribution < 1.29 is 9.53 Å². The molecule has 0 saturated carbocycles. The molecule has 0 heterocycles. The molecular weight excluding hydrogens is 216 g/mol. The van der Waals surface area contributed by atoms with E-state index >= 15 is 0 Å². The number of ether oxygens (including phenoxy) is 1. The average Bonchev–Trinajstić information content (AvgIpc) is 2.36. The molecule has 0 spiro atoms. The van der Waals surface area contributed by atoms with Gasteiger partial charge in [0.25, 0.3) is 0 Å². The van der Waals surface area contributed by atoms with Crippen molar-refractivity contribution >= 4 is 11.6 Å². The first kappa shape index (κ1) is 13.7. The second-order valence-electron chi connectivity index (χ2n) is 3.99. The summed E-state index contributed by atoms with van der Waals surface area (Å²) in [6, 6.07) is 7.56. The minimum Gasteiger partial charge on any atom is -0.382 e. The molecule has 0 saturated heterocycles. The van der Waals surface area contributed by atoms with Crippen molar-refractivity contribution in [2.24, 2.45) is 5.73 Å². The summed E-state index contributed by atoms with van der Waals surface area (Å²) in [5.74, 6) is -0.00481. The van der Waals surface area contributed by atoms with E-state index < -0.39 is 0 Å². The number of rotatable bonds is 6. The molecule has 4 nitrogen and oxygen atoms in total. The van der Waals surface area contributed by atoms with E-state index in [4.69, 9.17) is 10.5 Å². The summed E-state index contributed by atoms with van der Waals surface area (Å²) < 4.78 is 5.10. The molecule has 1 amide bonds. The lowest BCUT2D eigenvalue weighted by atomic mass is 10.1. The Hall–Kier alpha value is -1.39. The van der Waals surface area contributed by atoms with E-state index in [0.29, 0.717) is 19.4 Å². The van der Waals surface area contributed by atoms with Gasteiger partial charge in [0.2, 0.25) is 5.91 Å². The Morgan fingerprint density at radius 1 is 1.47 bits per heavy atom. The van der Waals surface area contributed by atoms with Gasteiger partial charge in [0.05, 0.1) is 6.10 Å². The lowest BCUT2D eigenvalue weighted by Gasteiger charge is -2.11. The number of carbonyl (C=O) groups is 1. The highest BCUT2D eigenvalue weighted by Gasteiger charge is 2.07. The number of hydrogen-bond acceptors (Lipinski definition) is 3. The third-order valence-electron chi connectivity index (χ3n) is 2.69. The maximum Gasteiger partial charge on any atom is 0.224 e. The van der Waals surface area contributed by atoms with Gasteiger partial charge in [0.1, 0.15) is 0 Å². The zero-order chi connectivity index (χ0) is 12.7. The van der Waals surface area contributed by atoms with Gasteiger partial charge in [0, 0.05) is 25.8 Å². The number of anilines is 1. The van der Waals surface area contributed by atoms with Gasteiger partial charge in [-0.1, -0.05) is 18.2 Å². The zero-order valence-corrected chi connectivity index (χ0v) is 10.4. The Kier molecular flexibility index (Phi) is 5.66. The highest BCUT2D eigenvalue weighted by atomic mass is 16.5. The normalized spacial score (nSPS) is 12.2. The van der Waals surface area contributed by atoms with Crippen LogP contribution in [0.25, 0.3) is 0 Å². The van der Waals surface area contributed by atoms with E-state index in [1.54, 1.807) is 7.11 Å². The highest BCUT2D eigenvalue weighted by molar-refractivity contribution is 5.91. The number of methoxy groups -OCH3 is 1. The Morgan fingerprint density at radius 2 is 2.18 bits per heavy atom. The van der Waals surface area contributed by atoms with Crippen molar-refractivity contribution in [1.29, 1.82) is 0 Å². The molecule has 1 atom stereocenters. The molecular formula is C13H20N2O2. The predicted molar refractivity (Wildman–Crippen MR) is 68.7 cm³/mol. The third-order valence-corrected chi connectivity index (χ3v) is 2.69. The van der Waals surface area contributed by atoms with Crippen molar-refractivity contribution in [3.05, 3.63) is 29.8 Å². The van der Waals surface area contributed by atoms with Crippen LogP contribution in [-0.4, -0.2) is 19.1 Å². The number of hydrogen-bond donors (Lipinski definition) is 2. The smallest absolute Gasteiger partial charge is 0.224 e. The molecule has 1 aromatic carbocycles. The second kappa shape index (κ2) is 7.04. The molecule has 4 heteroatoms. The minimum absolute atomic E-state index is 0.00481. The fourth-order valence-corrected chi connectivity index (χ4v) is 1.49. The molecule has 1 rings (SSSR count). The minimum atomic E-state index is -0.00481. The van der Waals surface area contributed by atoms with Crippen LogP contribution in [0.15, 0.2) is 24.3 Å². The van der Waals surface area contributed by atoms with Gasteiger partial charge in [0.15, 0.2) is 0 Å². The van der Waals surface area contributed by atoms with E-state index in [-0.39, 0.29) is 12.0 Å². The first-order valence-electron chi connectivity index (χ1n) is 5.78. The van der Waals surface area contributed by atoms with Crippen LogP contribution in [0.5, 0.6) is 0 Å². The van der Waals surface area contributed by atoms with Gasteiger partial charge in [-0.15, -0.1) is 0 Å². The summed E-state index contributed by atoms with van der Waals surface area (Å²) in [7, 11) is 1.65. The van der Waals surface area contributed by atoms with Crippen LogP contribution < -0.4 is 11.1 Å². The summed E-state index contributed by atoms with van der Waals surface area (Å²) in [5.41, 5.74) is 7.34. The van der Waals surface area contributed by atoms with Crippen LogP contribution >= 0.6 is 0 Å². The van der Waals surface area contributed by atoms with E-state index in [9.17, 15) is 4.79 Å². The fourth-order valence-electron chi connectivity index (χ4n) is 1.49. The SMILES string of the molecule is COC(C)CCC(=O)Nc1ccccc1CN. The first-order chi connectivity index (χ1) is 8.17. The molecule has 0 aliphatic heterocycles. The number of nitrogens with one attached hydrogen (secondary N) is 1. The predicted octanol–water partition coefficient (Wildman–Crippen LogP) is 1.90. The molecule has 0 aliphatic carbocycles. The van der Waals surface area contributed by atoms with Crippen molar-refractivity contribution in [3.63, 3.8) is 0 Å². The maximum atomic E-state index is 11.7. The van der Waals surface area contributed by atoms with Crippen molar-refractivity contribution in [2.75, 3.05) is 12.4 Å². The van der Waals surface area contributed by atoms with Crippen LogP contribution in [0.1, 0.15) is 25.3 Å². The Balaban J connectivity index is 2.50. The molecule has 0 radical (unpaired) electrons. The van der Waals surface area contributed by atoms with E-state index in [0.717, 1.165) is 11.3 Å². The summed E-state index contributed by atoms with van der Waals surface area (Å²) in [6.07, 6.45) is 1.27. The Bertz CT molecular complexity index is 366. The van der Waals surface area contributed by atoms with Gasteiger partial charge in [-0.2, -0.15) is 0 Å². The third kappa shape index (κ3) is 4.54. The maximum absolute atomic E-state index is 11.7. The zero-order valence-electron chi connectivity index (χ0n) is 10.4.